The molecule has 156 valence electrons. The number of piperazine rings is 1. The number of nitrogens with one attached hydrogen (secondary N) is 1. The van der Waals surface area contributed by atoms with E-state index in [2.05, 4.69) is 10.2 Å². The molecule has 0 saturated carbocycles. The lowest BCUT2D eigenvalue weighted by atomic mass is 10.1. The molecule has 0 bridgehead atoms. The third-order valence-corrected chi connectivity index (χ3v) is 5.01. The van der Waals surface area contributed by atoms with E-state index in [1.54, 1.807) is 20.3 Å². The fraction of sp³-hybridized carbons (Fsp3) is 0.429. The van der Waals surface area contributed by atoms with Gasteiger partial charge >= 0.3 is 0 Å². The van der Waals surface area contributed by atoms with Gasteiger partial charge in [0.2, 0.25) is 5.91 Å². The number of rotatable bonds is 8. The van der Waals surface area contributed by atoms with E-state index in [0.717, 1.165) is 36.7 Å². The number of methoxy groups -OCH3 is 2. The lowest BCUT2D eigenvalue weighted by Gasteiger charge is -2.35. The lowest BCUT2D eigenvalue weighted by Crippen LogP contribution is -2.48. The van der Waals surface area contributed by atoms with Gasteiger partial charge in [-0.15, -0.1) is 0 Å². The number of hydrogen-bond acceptors (Lipinski definition) is 6. The number of benzene rings is 1. The molecule has 3 rings (SSSR count). The van der Waals surface area contributed by atoms with Crippen LogP contribution in [0.4, 0.5) is 0 Å². The Kier molecular flexibility index (Phi) is 7.13. The first-order valence-corrected chi connectivity index (χ1v) is 9.62. The number of carbonyl (C=O) groups is 2. The Balaban J connectivity index is 1.43. The first-order valence-electron chi connectivity index (χ1n) is 9.62. The van der Waals surface area contributed by atoms with Gasteiger partial charge in [0.1, 0.15) is 17.8 Å². The number of furan rings is 1. The van der Waals surface area contributed by atoms with E-state index in [1.807, 2.05) is 23.1 Å². The molecule has 1 aromatic carbocycles. The maximum absolute atomic E-state index is 12.4. The summed E-state index contributed by atoms with van der Waals surface area (Å²) >= 11 is 0. The predicted octanol–water partition coefficient (Wildman–Crippen LogP) is 1.76. The van der Waals surface area contributed by atoms with Crippen LogP contribution in [0.3, 0.4) is 0 Å². The first-order chi connectivity index (χ1) is 14.1. The van der Waals surface area contributed by atoms with Crippen molar-refractivity contribution in [3.8, 4) is 11.5 Å². The topological polar surface area (TPSA) is 84.3 Å². The third-order valence-electron chi connectivity index (χ3n) is 5.01. The third kappa shape index (κ3) is 5.51. The molecule has 0 spiro atoms. The van der Waals surface area contributed by atoms with Gasteiger partial charge in [-0.1, -0.05) is 0 Å². The molecule has 0 atom stereocenters. The van der Waals surface area contributed by atoms with E-state index < -0.39 is 0 Å². The van der Waals surface area contributed by atoms with Gasteiger partial charge in [-0.05, 0) is 24.3 Å². The van der Waals surface area contributed by atoms with Crippen LogP contribution in [0, 0.1) is 0 Å². The average molecular weight is 401 g/mol. The van der Waals surface area contributed by atoms with Crippen molar-refractivity contribution in [3.63, 3.8) is 0 Å². The van der Waals surface area contributed by atoms with Crippen molar-refractivity contribution in [1.29, 1.82) is 0 Å². The van der Waals surface area contributed by atoms with Gasteiger partial charge in [0.15, 0.2) is 0 Å². The van der Waals surface area contributed by atoms with Crippen LogP contribution < -0.4 is 14.8 Å². The molecular formula is C21H27N3O5. The second-order valence-electron chi connectivity index (χ2n) is 6.85. The monoisotopic (exact) mass is 401 g/mol. The van der Waals surface area contributed by atoms with E-state index >= 15 is 0 Å². The van der Waals surface area contributed by atoms with Crippen LogP contribution in [0.15, 0.2) is 41.2 Å². The van der Waals surface area contributed by atoms with Gasteiger partial charge in [0.25, 0.3) is 5.91 Å². The van der Waals surface area contributed by atoms with Crippen LogP contribution in [0.2, 0.25) is 0 Å². The molecule has 8 heteroatoms. The largest absolute Gasteiger partial charge is 0.497 e. The quantitative estimate of drug-likeness (QED) is 0.726. The van der Waals surface area contributed by atoms with Gasteiger partial charge in [0.05, 0.1) is 26.0 Å². The molecule has 2 heterocycles. The highest BCUT2D eigenvalue weighted by atomic mass is 16.5. The van der Waals surface area contributed by atoms with Crippen LogP contribution >= 0.6 is 0 Å². The summed E-state index contributed by atoms with van der Waals surface area (Å²) in [5, 5.41) is 2.74. The molecule has 1 aliphatic rings. The van der Waals surface area contributed by atoms with E-state index in [1.165, 1.54) is 12.5 Å². The standard InChI is InChI=1S/C21H27N3O5/c1-27-18-3-4-19(28-2)17(13-18)14-23-8-10-24(11-9-23)20(25)5-7-22-21(26)16-6-12-29-15-16/h3-4,6,12-13,15H,5,7-11,14H2,1-2H3,(H,22,26). The number of ether oxygens (including phenoxy) is 2. The van der Waals surface area contributed by atoms with Gasteiger partial charge in [-0.25, -0.2) is 0 Å². The Hall–Kier alpha value is -3.00. The Morgan fingerprint density at radius 1 is 1.10 bits per heavy atom. The molecule has 2 aromatic rings. The minimum Gasteiger partial charge on any atom is -0.497 e. The van der Waals surface area contributed by atoms with Gasteiger partial charge < -0.3 is 24.1 Å². The highest BCUT2D eigenvalue weighted by Gasteiger charge is 2.22. The highest BCUT2D eigenvalue weighted by Crippen LogP contribution is 2.25. The summed E-state index contributed by atoms with van der Waals surface area (Å²) in [6.07, 6.45) is 3.11. The van der Waals surface area contributed by atoms with Crippen molar-refractivity contribution < 1.29 is 23.5 Å². The van der Waals surface area contributed by atoms with Crippen molar-refractivity contribution in [2.75, 3.05) is 46.9 Å². The minimum absolute atomic E-state index is 0.0519. The summed E-state index contributed by atoms with van der Waals surface area (Å²) in [5.74, 6) is 1.45. The molecule has 1 aliphatic heterocycles. The van der Waals surface area contributed by atoms with E-state index in [4.69, 9.17) is 13.9 Å². The zero-order chi connectivity index (χ0) is 20.6. The van der Waals surface area contributed by atoms with E-state index in [-0.39, 0.29) is 18.2 Å². The number of carbonyl (C=O) groups excluding carboxylic acids is 2. The average Bonchev–Trinajstić information content (AvgIpc) is 3.29. The number of nitrogens with zero attached hydrogens (tertiary/aromatic N) is 2. The van der Waals surface area contributed by atoms with E-state index in [0.29, 0.717) is 25.2 Å². The van der Waals surface area contributed by atoms with Crippen LogP contribution in [0.5, 0.6) is 11.5 Å². The Morgan fingerprint density at radius 2 is 1.90 bits per heavy atom. The number of amides is 2. The fourth-order valence-electron chi connectivity index (χ4n) is 3.34. The zero-order valence-corrected chi connectivity index (χ0v) is 16.8. The summed E-state index contributed by atoms with van der Waals surface area (Å²) in [4.78, 5) is 28.4. The highest BCUT2D eigenvalue weighted by molar-refractivity contribution is 5.94. The second kappa shape index (κ2) is 9.97. The van der Waals surface area contributed by atoms with Crippen molar-refractivity contribution in [2.45, 2.75) is 13.0 Å². The van der Waals surface area contributed by atoms with Crippen molar-refractivity contribution >= 4 is 11.8 Å². The van der Waals surface area contributed by atoms with Crippen LogP contribution in [-0.4, -0.2) is 68.6 Å². The summed E-state index contributed by atoms with van der Waals surface area (Å²) < 4.78 is 15.6. The molecule has 1 N–H and O–H groups in total. The predicted molar refractivity (Wildman–Crippen MR) is 107 cm³/mol. The van der Waals surface area contributed by atoms with Crippen molar-refractivity contribution in [2.24, 2.45) is 0 Å². The summed E-state index contributed by atoms with van der Waals surface area (Å²) in [6.45, 7) is 3.95. The van der Waals surface area contributed by atoms with Crippen LogP contribution in [0.1, 0.15) is 22.3 Å². The van der Waals surface area contributed by atoms with Crippen molar-refractivity contribution in [1.82, 2.24) is 15.1 Å². The Bertz CT molecular complexity index is 814. The molecule has 0 aliphatic carbocycles. The van der Waals surface area contributed by atoms with Gasteiger partial charge in [0, 0.05) is 51.3 Å². The molecule has 29 heavy (non-hydrogen) atoms. The van der Waals surface area contributed by atoms with E-state index in [9.17, 15) is 9.59 Å². The molecule has 2 amide bonds. The Labute approximate surface area is 170 Å². The van der Waals surface area contributed by atoms with Crippen molar-refractivity contribution in [3.05, 3.63) is 47.9 Å². The summed E-state index contributed by atoms with van der Waals surface area (Å²) in [6, 6.07) is 7.36. The fourth-order valence-corrected chi connectivity index (χ4v) is 3.34. The normalized spacial score (nSPS) is 14.5. The molecular weight excluding hydrogens is 374 g/mol. The summed E-state index contributed by atoms with van der Waals surface area (Å²) in [7, 11) is 3.31. The van der Waals surface area contributed by atoms with Crippen LogP contribution in [-0.2, 0) is 11.3 Å². The second-order valence-corrected chi connectivity index (χ2v) is 6.85. The van der Waals surface area contributed by atoms with Crippen LogP contribution in [0.25, 0.3) is 0 Å². The van der Waals surface area contributed by atoms with Gasteiger partial charge in [-0.2, -0.15) is 0 Å². The molecule has 1 aromatic heterocycles. The Morgan fingerprint density at radius 3 is 2.55 bits per heavy atom. The zero-order valence-electron chi connectivity index (χ0n) is 16.8. The lowest BCUT2D eigenvalue weighted by molar-refractivity contribution is -0.132. The molecule has 1 fully saturated rings. The first kappa shape index (κ1) is 20.7. The maximum Gasteiger partial charge on any atom is 0.254 e. The molecule has 0 radical (unpaired) electrons. The molecule has 1 saturated heterocycles. The smallest absolute Gasteiger partial charge is 0.254 e. The maximum atomic E-state index is 12.4. The minimum atomic E-state index is -0.233. The SMILES string of the molecule is COc1ccc(OC)c(CN2CCN(C(=O)CCNC(=O)c3ccoc3)CC2)c1. The molecule has 8 nitrogen and oxygen atoms in total. The van der Waals surface area contributed by atoms with Gasteiger partial charge in [-0.3, -0.25) is 14.5 Å². The summed E-state index contributed by atoms with van der Waals surface area (Å²) in [5.41, 5.74) is 1.52. The molecule has 0 unspecified atom stereocenters. The number of hydrogen-bond donors (Lipinski definition) is 1.